The Kier molecular flexibility index (Phi) is 4.66. The van der Waals surface area contributed by atoms with Gasteiger partial charge in [-0.15, -0.1) is 5.10 Å². The van der Waals surface area contributed by atoms with Crippen LogP contribution < -0.4 is 4.90 Å². The standard InChI is InChI=1S/C18H27N5/c1-14(21(2)3)15-9-8-10-16(13-15)17-19-18(22(4)20-17)23-11-6-5-7-12-23/h8-10,13-14H,5-7,11-12H2,1-4H3. The van der Waals surface area contributed by atoms with E-state index in [2.05, 4.69) is 60.2 Å². The van der Waals surface area contributed by atoms with Gasteiger partial charge in [-0.1, -0.05) is 18.2 Å². The highest BCUT2D eigenvalue weighted by atomic mass is 15.4. The third-order valence-electron chi connectivity index (χ3n) is 4.78. The van der Waals surface area contributed by atoms with Crippen LogP contribution in [0.2, 0.25) is 0 Å². The normalized spacial score (nSPS) is 16.8. The molecule has 1 unspecified atom stereocenters. The van der Waals surface area contributed by atoms with Crippen LogP contribution in [0, 0.1) is 0 Å². The molecule has 5 heteroatoms. The fraction of sp³-hybridized carbons (Fsp3) is 0.556. The van der Waals surface area contributed by atoms with Crippen LogP contribution in [0.5, 0.6) is 0 Å². The number of nitrogens with zero attached hydrogens (tertiary/aromatic N) is 5. The average molecular weight is 313 g/mol. The molecule has 2 aromatic rings. The summed E-state index contributed by atoms with van der Waals surface area (Å²) in [5.41, 5.74) is 2.38. The molecule has 2 heterocycles. The summed E-state index contributed by atoms with van der Waals surface area (Å²) in [6, 6.07) is 8.95. The first kappa shape index (κ1) is 16.0. The molecule has 0 N–H and O–H groups in total. The SMILES string of the molecule is CC(c1cccc(-c2nc(N3CCCCC3)n(C)n2)c1)N(C)C. The largest absolute Gasteiger partial charge is 0.341 e. The van der Waals surface area contributed by atoms with Crippen LogP contribution in [0.1, 0.15) is 37.8 Å². The van der Waals surface area contributed by atoms with Gasteiger partial charge in [0.05, 0.1) is 0 Å². The van der Waals surface area contributed by atoms with Crippen LogP contribution in [0.3, 0.4) is 0 Å². The highest BCUT2D eigenvalue weighted by Crippen LogP contribution is 2.25. The quantitative estimate of drug-likeness (QED) is 0.869. The summed E-state index contributed by atoms with van der Waals surface area (Å²) in [5, 5.41) is 4.65. The first-order chi connectivity index (χ1) is 11.1. The third-order valence-corrected chi connectivity index (χ3v) is 4.78. The maximum Gasteiger partial charge on any atom is 0.224 e. The van der Waals surface area contributed by atoms with E-state index in [1.54, 1.807) is 0 Å². The van der Waals surface area contributed by atoms with Crippen molar-refractivity contribution >= 4 is 5.95 Å². The van der Waals surface area contributed by atoms with Crippen molar-refractivity contribution in [3.05, 3.63) is 29.8 Å². The summed E-state index contributed by atoms with van der Waals surface area (Å²) in [4.78, 5) is 9.38. The molecule has 0 spiro atoms. The van der Waals surface area contributed by atoms with E-state index < -0.39 is 0 Å². The zero-order valence-electron chi connectivity index (χ0n) is 14.7. The van der Waals surface area contributed by atoms with Gasteiger partial charge in [-0.3, -0.25) is 0 Å². The van der Waals surface area contributed by atoms with Gasteiger partial charge in [-0.05, 0) is 51.9 Å². The van der Waals surface area contributed by atoms with Crippen LogP contribution in [0.25, 0.3) is 11.4 Å². The number of benzene rings is 1. The van der Waals surface area contributed by atoms with Gasteiger partial charge in [0.1, 0.15) is 0 Å². The van der Waals surface area contributed by atoms with Gasteiger partial charge in [-0.25, -0.2) is 4.68 Å². The third kappa shape index (κ3) is 3.39. The number of piperidine rings is 1. The van der Waals surface area contributed by atoms with Crippen LogP contribution in [-0.2, 0) is 7.05 Å². The van der Waals surface area contributed by atoms with Gasteiger partial charge in [0.25, 0.3) is 0 Å². The van der Waals surface area contributed by atoms with E-state index in [0.29, 0.717) is 6.04 Å². The summed E-state index contributed by atoms with van der Waals surface area (Å²) >= 11 is 0. The molecular weight excluding hydrogens is 286 g/mol. The van der Waals surface area contributed by atoms with Crippen LogP contribution in [-0.4, -0.2) is 46.8 Å². The average Bonchev–Trinajstić information content (AvgIpc) is 2.97. The molecule has 1 aromatic heterocycles. The molecule has 0 bridgehead atoms. The summed E-state index contributed by atoms with van der Waals surface area (Å²) < 4.78 is 1.92. The Labute approximate surface area is 138 Å². The first-order valence-electron chi connectivity index (χ1n) is 8.49. The van der Waals surface area contributed by atoms with Crippen molar-refractivity contribution in [3.63, 3.8) is 0 Å². The lowest BCUT2D eigenvalue weighted by molar-refractivity contribution is 0.321. The Hall–Kier alpha value is -1.88. The van der Waals surface area contributed by atoms with Gasteiger partial charge in [0.15, 0.2) is 5.82 Å². The zero-order valence-corrected chi connectivity index (χ0v) is 14.7. The number of aryl methyl sites for hydroxylation is 1. The van der Waals surface area contributed by atoms with Crippen molar-refractivity contribution in [2.24, 2.45) is 7.05 Å². The molecule has 5 nitrogen and oxygen atoms in total. The molecule has 124 valence electrons. The molecular formula is C18H27N5. The molecule has 0 amide bonds. The monoisotopic (exact) mass is 313 g/mol. The highest BCUT2D eigenvalue weighted by Gasteiger charge is 2.18. The van der Waals surface area contributed by atoms with Crippen molar-refractivity contribution in [3.8, 4) is 11.4 Å². The zero-order chi connectivity index (χ0) is 16.4. The van der Waals surface area contributed by atoms with Gasteiger partial charge >= 0.3 is 0 Å². The highest BCUT2D eigenvalue weighted by molar-refractivity contribution is 5.58. The van der Waals surface area contributed by atoms with E-state index in [9.17, 15) is 0 Å². The second-order valence-electron chi connectivity index (χ2n) is 6.67. The molecule has 0 radical (unpaired) electrons. The Balaban J connectivity index is 1.89. The van der Waals surface area contributed by atoms with E-state index in [4.69, 9.17) is 4.98 Å². The molecule has 23 heavy (non-hydrogen) atoms. The van der Waals surface area contributed by atoms with Crippen LogP contribution in [0.4, 0.5) is 5.95 Å². The maximum absolute atomic E-state index is 4.81. The lowest BCUT2D eigenvalue weighted by Gasteiger charge is -2.26. The Morgan fingerprint density at radius 2 is 1.87 bits per heavy atom. The molecule has 0 aliphatic carbocycles. The minimum absolute atomic E-state index is 0.375. The molecule has 0 saturated carbocycles. The number of hydrogen-bond acceptors (Lipinski definition) is 4. The minimum atomic E-state index is 0.375. The summed E-state index contributed by atoms with van der Waals surface area (Å²) in [7, 11) is 6.20. The summed E-state index contributed by atoms with van der Waals surface area (Å²) in [6.45, 7) is 4.39. The molecule has 1 aliphatic heterocycles. The molecule has 1 aromatic carbocycles. The summed E-state index contributed by atoms with van der Waals surface area (Å²) in [6.07, 6.45) is 3.82. The molecule has 3 rings (SSSR count). The molecule has 1 fully saturated rings. The lowest BCUT2D eigenvalue weighted by atomic mass is 10.0. The van der Waals surface area contributed by atoms with Crippen molar-refractivity contribution < 1.29 is 0 Å². The molecule has 1 saturated heterocycles. The van der Waals surface area contributed by atoms with E-state index in [1.807, 2.05) is 11.7 Å². The predicted molar refractivity (Wildman–Crippen MR) is 94.6 cm³/mol. The maximum atomic E-state index is 4.81. The van der Waals surface area contributed by atoms with E-state index in [0.717, 1.165) is 30.4 Å². The summed E-state index contributed by atoms with van der Waals surface area (Å²) in [5.74, 6) is 1.81. The number of aromatic nitrogens is 3. The fourth-order valence-electron chi connectivity index (χ4n) is 3.10. The fourth-order valence-corrected chi connectivity index (χ4v) is 3.10. The topological polar surface area (TPSA) is 37.2 Å². The van der Waals surface area contributed by atoms with Gasteiger partial charge < -0.3 is 9.80 Å². The van der Waals surface area contributed by atoms with Gasteiger partial charge in [0, 0.05) is 31.7 Å². The second kappa shape index (κ2) is 6.71. The second-order valence-corrected chi connectivity index (χ2v) is 6.67. The van der Waals surface area contributed by atoms with Crippen molar-refractivity contribution in [1.82, 2.24) is 19.7 Å². The Bertz CT molecular complexity index is 655. The number of rotatable bonds is 4. The Morgan fingerprint density at radius 1 is 1.13 bits per heavy atom. The van der Waals surface area contributed by atoms with E-state index >= 15 is 0 Å². The first-order valence-corrected chi connectivity index (χ1v) is 8.49. The van der Waals surface area contributed by atoms with Crippen LogP contribution in [0.15, 0.2) is 24.3 Å². The van der Waals surface area contributed by atoms with Crippen molar-refractivity contribution in [2.75, 3.05) is 32.1 Å². The van der Waals surface area contributed by atoms with E-state index in [-0.39, 0.29) is 0 Å². The number of anilines is 1. The van der Waals surface area contributed by atoms with Crippen molar-refractivity contribution in [1.29, 1.82) is 0 Å². The van der Waals surface area contributed by atoms with Gasteiger partial charge in [-0.2, -0.15) is 4.98 Å². The molecule has 1 aliphatic rings. The van der Waals surface area contributed by atoms with Crippen molar-refractivity contribution in [2.45, 2.75) is 32.2 Å². The minimum Gasteiger partial charge on any atom is -0.341 e. The lowest BCUT2D eigenvalue weighted by Crippen LogP contribution is -2.31. The Morgan fingerprint density at radius 3 is 2.57 bits per heavy atom. The smallest absolute Gasteiger partial charge is 0.224 e. The number of hydrogen-bond donors (Lipinski definition) is 0. The van der Waals surface area contributed by atoms with Gasteiger partial charge in [0.2, 0.25) is 5.95 Å². The molecule has 1 atom stereocenters. The van der Waals surface area contributed by atoms with E-state index in [1.165, 1.54) is 24.8 Å². The predicted octanol–water partition coefficient (Wildman–Crippen LogP) is 3.10. The van der Waals surface area contributed by atoms with Crippen LogP contribution >= 0.6 is 0 Å².